The Hall–Kier alpha value is -2.41. The number of carbonyl (C=O) groups is 1. The topological polar surface area (TPSA) is 63.7 Å². The zero-order valence-electron chi connectivity index (χ0n) is 12.0. The van der Waals surface area contributed by atoms with Crippen molar-refractivity contribution >= 4 is 21.7 Å². The van der Waals surface area contributed by atoms with Crippen LogP contribution < -0.4 is 4.31 Å². The first-order chi connectivity index (χ1) is 10.4. The summed E-state index contributed by atoms with van der Waals surface area (Å²) in [6, 6.07) is 11.2. The Morgan fingerprint density at radius 2 is 1.77 bits per heavy atom. The summed E-state index contributed by atoms with van der Waals surface area (Å²) in [6.45, 7) is 0. The Kier molecular flexibility index (Phi) is 4.46. The van der Waals surface area contributed by atoms with Crippen LogP contribution in [0.5, 0.6) is 0 Å². The lowest BCUT2D eigenvalue weighted by Crippen LogP contribution is -2.28. The molecule has 0 N–H and O–H groups in total. The van der Waals surface area contributed by atoms with Gasteiger partial charge < -0.3 is 4.74 Å². The number of halogens is 1. The van der Waals surface area contributed by atoms with E-state index in [2.05, 4.69) is 4.74 Å². The van der Waals surface area contributed by atoms with Crippen LogP contribution in [0.3, 0.4) is 0 Å². The van der Waals surface area contributed by atoms with E-state index in [1.54, 1.807) is 30.3 Å². The molecule has 0 saturated carbocycles. The maximum Gasteiger partial charge on any atom is 0.339 e. The summed E-state index contributed by atoms with van der Waals surface area (Å²) in [6.07, 6.45) is 0. The maximum atomic E-state index is 13.5. The highest BCUT2D eigenvalue weighted by atomic mass is 32.2. The van der Waals surface area contributed by atoms with Crippen molar-refractivity contribution in [2.24, 2.45) is 0 Å². The van der Waals surface area contributed by atoms with E-state index in [0.29, 0.717) is 5.69 Å². The standard InChI is InChI=1S/C15H14FNO4S/c1-17(12-6-4-3-5-7-12)22(19,20)14-10-11(16)8-9-13(14)15(18)21-2/h3-10H,1-2H3. The van der Waals surface area contributed by atoms with E-state index in [1.165, 1.54) is 7.05 Å². The summed E-state index contributed by atoms with van der Waals surface area (Å²) in [7, 11) is -1.65. The Labute approximate surface area is 128 Å². The van der Waals surface area contributed by atoms with Crippen molar-refractivity contribution in [3.8, 4) is 0 Å². The number of anilines is 1. The molecule has 5 nitrogen and oxygen atoms in total. The molecule has 0 aliphatic carbocycles. The summed E-state index contributed by atoms with van der Waals surface area (Å²) in [5.41, 5.74) is 0.175. The number of sulfonamides is 1. The molecule has 116 valence electrons. The van der Waals surface area contributed by atoms with Gasteiger partial charge in [-0.1, -0.05) is 18.2 Å². The van der Waals surface area contributed by atoms with Gasteiger partial charge in [0.25, 0.3) is 10.0 Å². The van der Waals surface area contributed by atoms with Gasteiger partial charge in [0, 0.05) is 7.05 Å². The second-order valence-corrected chi connectivity index (χ2v) is 6.38. The van der Waals surface area contributed by atoms with Gasteiger partial charge in [-0.3, -0.25) is 4.31 Å². The van der Waals surface area contributed by atoms with Gasteiger partial charge >= 0.3 is 5.97 Å². The number of benzene rings is 2. The number of hydrogen-bond donors (Lipinski definition) is 0. The molecule has 22 heavy (non-hydrogen) atoms. The first-order valence-electron chi connectivity index (χ1n) is 6.30. The molecule has 0 spiro atoms. The van der Waals surface area contributed by atoms with E-state index in [1.807, 2.05) is 0 Å². The highest BCUT2D eigenvalue weighted by Gasteiger charge is 2.28. The van der Waals surface area contributed by atoms with Crippen molar-refractivity contribution in [2.45, 2.75) is 4.90 Å². The monoisotopic (exact) mass is 323 g/mol. The number of rotatable bonds is 4. The number of ether oxygens (including phenoxy) is 1. The van der Waals surface area contributed by atoms with Gasteiger partial charge in [-0.05, 0) is 30.3 Å². The Morgan fingerprint density at radius 1 is 1.14 bits per heavy atom. The SMILES string of the molecule is COC(=O)c1ccc(F)cc1S(=O)(=O)N(C)c1ccccc1. The molecule has 0 aromatic heterocycles. The van der Waals surface area contributed by atoms with Crippen LogP contribution in [0.1, 0.15) is 10.4 Å². The van der Waals surface area contributed by atoms with Gasteiger partial charge in [-0.25, -0.2) is 17.6 Å². The van der Waals surface area contributed by atoms with E-state index in [-0.39, 0.29) is 5.56 Å². The van der Waals surface area contributed by atoms with Crippen LogP contribution in [0.2, 0.25) is 0 Å². The minimum absolute atomic E-state index is 0.216. The van der Waals surface area contributed by atoms with Crippen LogP contribution in [0.15, 0.2) is 53.4 Å². The van der Waals surface area contributed by atoms with Crippen LogP contribution >= 0.6 is 0 Å². The molecule has 2 aromatic carbocycles. The number of hydrogen-bond acceptors (Lipinski definition) is 4. The van der Waals surface area contributed by atoms with Gasteiger partial charge in [0.05, 0.1) is 18.4 Å². The van der Waals surface area contributed by atoms with E-state index in [0.717, 1.165) is 29.6 Å². The zero-order chi connectivity index (χ0) is 16.3. The van der Waals surface area contributed by atoms with Crippen LogP contribution in [0.4, 0.5) is 10.1 Å². The summed E-state index contributed by atoms with van der Waals surface area (Å²) in [4.78, 5) is 11.3. The average Bonchev–Trinajstić information content (AvgIpc) is 2.54. The molecule has 0 bridgehead atoms. The highest BCUT2D eigenvalue weighted by Crippen LogP contribution is 2.25. The minimum Gasteiger partial charge on any atom is -0.465 e. The van der Waals surface area contributed by atoms with Crippen molar-refractivity contribution in [1.29, 1.82) is 0 Å². The third kappa shape index (κ3) is 2.94. The molecule has 0 heterocycles. The van der Waals surface area contributed by atoms with Crippen LogP contribution in [0, 0.1) is 5.82 Å². The van der Waals surface area contributed by atoms with E-state index < -0.39 is 26.7 Å². The van der Waals surface area contributed by atoms with Crippen molar-refractivity contribution in [3.05, 3.63) is 59.9 Å². The molecule has 2 aromatic rings. The van der Waals surface area contributed by atoms with Crippen molar-refractivity contribution in [3.63, 3.8) is 0 Å². The second-order valence-electron chi connectivity index (χ2n) is 4.44. The smallest absolute Gasteiger partial charge is 0.339 e. The number of para-hydroxylation sites is 1. The third-order valence-corrected chi connectivity index (χ3v) is 4.93. The van der Waals surface area contributed by atoms with Gasteiger partial charge in [0.2, 0.25) is 0 Å². The largest absolute Gasteiger partial charge is 0.465 e. The van der Waals surface area contributed by atoms with E-state index >= 15 is 0 Å². The molecule has 0 saturated heterocycles. The minimum atomic E-state index is -4.11. The fraction of sp³-hybridized carbons (Fsp3) is 0.133. The van der Waals surface area contributed by atoms with E-state index in [4.69, 9.17) is 0 Å². The normalized spacial score (nSPS) is 11.0. The third-order valence-electron chi connectivity index (χ3n) is 3.11. The van der Waals surface area contributed by atoms with Crippen LogP contribution in [0.25, 0.3) is 0 Å². The summed E-state index contributed by atoms with van der Waals surface area (Å²) < 4.78 is 44.4. The molecule has 0 radical (unpaired) electrons. The number of methoxy groups -OCH3 is 1. The summed E-state index contributed by atoms with van der Waals surface area (Å²) >= 11 is 0. The molecular weight excluding hydrogens is 309 g/mol. The maximum absolute atomic E-state index is 13.5. The first kappa shape index (κ1) is 16.0. The molecule has 0 fully saturated rings. The predicted molar refractivity (Wildman–Crippen MR) is 79.8 cm³/mol. The zero-order valence-corrected chi connectivity index (χ0v) is 12.8. The van der Waals surface area contributed by atoms with Crippen LogP contribution in [-0.4, -0.2) is 28.5 Å². The van der Waals surface area contributed by atoms with E-state index in [9.17, 15) is 17.6 Å². The van der Waals surface area contributed by atoms with Gasteiger partial charge in [0.1, 0.15) is 10.7 Å². The molecule has 0 unspecified atom stereocenters. The van der Waals surface area contributed by atoms with Crippen molar-refractivity contribution in [2.75, 3.05) is 18.5 Å². The van der Waals surface area contributed by atoms with Crippen molar-refractivity contribution < 1.29 is 22.3 Å². The lowest BCUT2D eigenvalue weighted by Gasteiger charge is -2.20. The fourth-order valence-corrected chi connectivity index (χ4v) is 3.30. The average molecular weight is 323 g/mol. The van der Waals surface area contributed by atoms with Gasteiger partial charge in [0.15, 0.2) is 0 Å². The molecule has 0 amide bonds. The number of nitrogens with zero attached hydrogens (tertiary/aromatic N) is 1. The molecule has 0 aliphatic heterocycles. The summed E-state index contributed by atoms with van der Waals surface area (Å²) in [5, 5.41) is 0. The Morgan fingerprint density at radius 3 is 2.36 bits per heavy atom. The van der Waals surface area contributed by atoms with Gasteiger partial charge in [-0.15, -0.1) is 0 Å². The molecule has 0 aliphatic rings. The first-order valence-corrected chi connectivity index (χ1v) is 7.74. The van der Waals surface area contributed by atoms with Crippen LogP contribution in [-0.2, 0) is 14.8 Å². The quantitative estimate of drug-likeness (QED) is 0.811. The molecule has 2 rings (SSSR count). The summed E-state index contributed by atoms with van der Waals surface area (Å²) in [5.74, 6) is -1.60. The molecule has 7 heteroatoms. The second kappa shape index (κ2) is 6.15. The Balaban J connectivity index is 2.59. The highest BCUT2D eigenvalue weighted by molar-refractivity contribution is 7.92. The number of carbonyl (C=O) groups excluding carboxylic acids is 1. The predicted octanol–water partition coefficient (Wildman–Crippen LogP) is 2.44. The lowest BCUT2D eigenvalue weighted by atomic mass is 10.2. The lowest BCUT2D eigenvalue weighted by molar-refractivity contribution is 0.0596. The number of esters is 1. The van der Waals surface area contributed by atoms with Gasteiger partial charge in [-0.2, -0.15) is 0 Å². The molecular formula is C15H14FNO4S. The molecule has 0 atom stereocenters. The van der Waals surface area contributed by atoms with Crippen molar-refractivity contribution in [1.82, 2.24) is 0 Å². The Bertz CT molecular complexity index is 790. The fourth-order valence-electron chi connectivity index (χ4n) is 1.91.